The number of hydrogen-bond acceptors (Lipinski definition) is 4. The molecule has 0 aliphatic heterocycles. The van der Waals surface area contributed by atoms with Crippen LogP contribution in [0.3, 0.4) is 0 Å². The summed E-state index contributed by atoms with van der Waals surface area (Å²) in [6, 6.07) is 9.61. The predicted molar refractivity (Wildman–Crippen MR) is 96.0 cm³/mol. The van der Waals surface area contributed by atoms with Gasteiger partial charge in [-0.2, -0.15) is 0 Å². The molecule has 1 heterocycles. The van der Waals surface area contributed by atoms with Crippen LogP contribution in [0.4, 0.5) is 5.82 Å². The SMILES string of the molecule is CCCCNc1cc(C(=O)NCCN(C)C)c2ccccc2n1. The summed E-state index contributed by atoms with van der Waals surface area (Å²) in [7, 11) is 3.98. The van der Waals surface area contributed by atoms with Crippen molar-refractivity contribution in [1.29, 1.82) is 0 Å². The van der Waals surface area contributed by atoms with E-state index in [1.54, 1.807) is 0 Å². The molecule has 0 fully saturated rings. The number of para-hydroxylation sites is 1. The topological polar surface area (TPSA) is 57.3 Å². The number of aromatic nitrogens is 1. The molecule has 0 atom stereocenters. The third kappa shape index (κ3) is 4.93. The number of carbonyl (C=O) groups excluding carboxylic acids is 1. The van der Waals surface area contributed by atoms with E-state index in [1.165, 1.54) is 0 Å². The molecule has 0 bridgehead atoms. The first kappa shape index (κ1) is 17.2. The molecule has 0 aliphatic rings. The molecule has 1 aromatic carbocycles. The molecule has 124 valence electrons. The van der Waals surface area contributed by atoms with Crippen LogP contribution in [0.5, 0.6) is 0 Å². The first-order valence-electron chi connectivity index (χ1n) is 8.18. The van der Waals surface area contributed by atoms with E-state index < -0.39 is 0 Å². The summed E-state index contributed by atoms with van der Waals surface area (Å²) in [4.78, 5) is 19.2. The molecular weight excluding hydrogens is 288 g/mol. The predicted octanol–water partition coefficient (Wildman–Crippen LogP) is 2.74. The van der Waals surface area contributed by atoms with Crippen LogP contribution in [0, 0.1) is 0 Å². The lowest BCUT2D eigenvalue weighted by Gasteiger charge is -2.13. The smallest absolute Gasteiger partial charge is 0.252 e. The second-order valence-corrected chi connectivity index (χ2v) is 5.91. The minimum atomic E-state index is -0.0519. The molecule has 0 aliphatic carbocycles. The van der Waals surface area contributed by atoms with E-state index in [0.717, 1.165) is 42.7 Å². The fourth-order valence-electron chi connectivity index (χ4n) is 2.34. The zero-order valence-corrected chi connectivity index (χ0v) is 14.2. The molecule has 0 unspecified atom stereocenters. The van der Waals surface area contributed by atoms with Gasteiger partial charge in [-0.25, -0.2) is 4.98 Å². The lowest BCUT2D eigenvalue weighted by Crippen LogP contribution is -2.31. The summed E-state index contributed by atoms with van der Waals surface area (Å²) in [6.07, 6.45) is 2.21. The summed E-state index contributed by atoms with van der Waals surface area (Å²) < 4.78 is 0. The maximum Gasteiger partial charge on any atom is 0.252 e. The van der Waals surface area contributed by atoms with Crippen molar-refractivity contribution < 1.29 is 4.79 Å². The molecule has 1 amide bonds. The number of nitrogens with zero attached hydrogens (tertiary/aromatic N) is 2. The maximum absolute atomic E-state index is 12.5. The number of pyridine rings is 1. The van der Waals surface area contributed by atoms with Gasteiger partial charge in [-0.05, 0) is 32.6 Å². The van der Waals surface area contributed by atoms with E-state index in [0.29, 0.717) is 12.1 Å². The Balaban J connectivity index is 2.22. The van der Waals surface area contributed by atoms with Crippen LogP contribution in [-0.2, 0) is 0 Å². The number of unbranched alkanes of at least 4 members (excludes halogenated alkanes) is 1. The van der Waals surface area contributed by atoms with Crippen LogP contribution in [0.1, 0.15) is 30.1 Å². The van der Waals surface area contributed by atoms with Crippen molar-refractivity contribution in [3.8, 4) is 0 Å². The Bertz CT molecular complexity index is 655. The van der Waals surface area contributed by atoms with Crippen molar-refractivity contribution in [3.05, 3.63) is 35.9 Å². The number of amides is 1. The number of carbonyl (C=O) groups is 1. The molecule has 5 heteroatoms. The van der Waals surface area contributed by atoms with Crippen LogP contribution in [0.2, 0.25) is 0 Å². The molecule has 1 aromatic heterocycles. The van der Waals surface area contributed by atoms with Gasteiger partial charge >= 0.3 is 0 Å². The highest BCUT2D eigenvalue weighted by molar-refractivity contribution is 6.06. The van der Waals surface area contributed by atoms with Crippen molar-refractivity contribution in [1.82, 2.24) is 15.2 Å². The van der Waals surface area contributed by atoms with Crippen molar-refractivity contribution in [2.75, 3.05) is 39.0 Å². The Hall–Kier alpha value is -2.14. The summed E-state index contributed by atoms with van der Waals surface area (Å²) in [5, 5.41) is 7.17. The molecular formula is C18H26N4O. The normalized spacial score (nSPS) is 11.0. The van der Waals surface area contributed by atoms with Gasteiger partial charge in [0.15, 0.2) is 0 Å². The van der Waals surface area contributed by atoms with Crippen LogP contribution in [-0.4, -0.2) is 49.5 Å². The molecule has 2 rings (SSSR count). The Kier molecular flexibility index (Phi) is 6.35. The van der Waals surface area contributed by atoms with Crippen molar-refractivity contribution in [2.24, 2.45) is 0 Å². The van der Waals surface area contributed by atoms with E-state index in [2.05, 4.69) is 22.5 Å². The summed E-state index contributed by atoms with van der Waals surface area (Å²) in [5.74, 6) is 0.707. The molecule has 23 heavy (non-hydrogen) atoms. The average Bonchev–Trinajstić information content (AvgIpc) is 2.54. The van der Waals surface area contributed by atoms with Gasteiger partial charge in [-0.1, -0.05) is 31.5 Å². The van der Waals surface area contributed by atoms with Gasteiger partial charge in [0.25, 0.3) is 5.91 Å². The van der Waals surface area contributed by atoms with Crippen molar-refractivity contribution >= 4 is 22.6 Å². The van der Waals surface area contributed by atoms with Crippen molar-refractivity contribution in [3.63, 3.8) is 0 Å². The molecule has 5 nitrogen and oxygen atoms in total. The second kappa shape index (κ2) is 8.48. The first-order valence-corrected chi connectivity index (χ1v) is 8.18. The Labute approximate surface area is 138 Å². The summed E-state index contributed by atoms with van der Waals surface area (Å²) in [5.41, 5.74) is 1.51. The van der Waals surface area contributed by atoms with Gasteiger partial charge < -0.3 is 15.5 Å². The number of hydrogen-bond donors (Lipinski definition) is 2. The lowest BCUT2D eigenvalue weighted by atomic mass is 10.1. The molecule has 0 saturated heterocycles. The van der Waals surface area contributed by atoms with E-state index in [1.807, 2.05) is 49.3 Å². The minimum Gasteiger partial charge on any atom is -0.370 e. The van der Waals surface area contributed by atoms with Gasteiger partial charge in [0, 0.05) is 25.0 Å². The second-order valence-electron chi connectivity index (χ2n) is 5.91. The maximum atomic E-state index is 12.5. The Morgan fingerprint density at radius 2 is 2.00 bits per heavy atom. The fourth-order valence-corrected chi connectivity index (χ4v) is 2.34. The quantitative estimate of drug-likeness (QED) is 0.736. The standard InChI is InChI=1S/C18H26N4O/c1-4-5-10-19-17-13-15(18(23)20-11-12-22(2)3)14-8-6-7-9-16(14)21-17/h6-9,13H,4-5,10-12H2,1-3H3,(H,19,21)(H,20,23). The summed E-state index contributed by atoms with van der Waals surface area (Å²) >= 11 is 0. The van der Waals surface area contributed by atoms with Crippen LogP contribution < -0.4 is 10.6 Å². The third-order valence-electron chi connectivity index (χ3n) is 3.64. The van der Waals surface area contributed by atoms with E-state index >= 15 is 0 Å². The number of anilines is 1. The van der Waals surface area contributed by atoms with Gasteiger partial charge in [0.1, 0.15) is 5.82 Å². The number of benzene rings is 1. The Morgan fingerprint density at radius 3 is 2.74 bits per heavy atom. The van der Waals surface area contributed by atoms with E-state index in [9.17, 15) is 4.79 Å². The Morgan fingerprint density at radius 1 is 1.22 bits per heavy atom. The van der Waals surface area contributed by atoms with Crippen LogP contribution >= 0.6 is 0 Å². The summed E-state index contributed by atoms with van der Waals surface area (Å²) in [6.45, 7) is 4.46. The molecule has 0 spiro atoms. The van der Waals surface area contributed by atoms with Gasteiger partial charge in [-0.3, -0.25) is 4.79 Å². The largest absolute Gasteiger partial charge is 0.370 e. The fraction of sp³-hybridized carbons (Fsp3) is 0.444. The molecule has 2 aromatic rings. The number of rotatable bonds is 8. The molecule has 0 saturated carbocycles. The van der Waals surface area contributed by atoms with Crippen molar-refractivity contribution in [2.45, 2.75) is 19.8 Å². The van der Waals surface area contributed by atoms with Gasteiger partial charge in [0.05, 0.1) is 11.1 Å². The average molecular weight is 314 g/mol. The van der Waals surface area contributed by atoms with E-state index in [4.69, 9.17) is 0 Å². The third-order valence-corrected chi connectivity index (χ3v) is 3.64. The van der Waals surface area contributed by atoms with Crippen LogP contribution in [0.15, 0.2) is 30.3 Å². The zero-order chi connectivity index (χ0) is 16.7. The number of likely N-dealkylation sites (N-methyl/N-ethyl adjacent to an activating group) is 1. The van der Waals surface area contributed by atoms with Crippen LogP contribution in [0.25, 0.3) is 10.9 Å². The van der Waals surface area contributed by atoms with E-state index in [-0.39, 0.29) is 5.91 Å². The van der Waals surface area contributed by atoms with Gasteiger partial charge in [-0.15, -0.1) is 0 Å². The monoisotopic (exact) mass is 314 g/mol. The molecule has 0 radical (unpaired) electrons. The zero-order valence-electron chi connectivity index (χ0n) is 14.2. The lowest BCUT2D eigenvalue weighted by molar-refractivity contribution is 0.0952. The molecule has 2 N–H and O–H groups in total. The number of nitrogens with one attached hydrogen (secondary N) is 2. The highest BCUT2D eigenvalue weighted by atomic mass is 16.1. The van der Waals surface area contributed by atoms with Gasteiger partial charge in [0.2, 0.25) is 0 Å². The highest BCUT2D eigenvalue weighted by Gasteiger charge is 2.12. The first-order chi connectivity index (χ1) is 11.1. The number of fused-ring (bicyclic) bond motifs is 1. The minimum absolute atomic E-state index is 0.0519. The highest BCUT2D eigenvalue weighted by Crippen LogP contribution is 2.20.